The van der Waals surface area contributed by atoms with Crippen molar-refractivity contribution in [2.75, 3.05) is 31.3 Å². The van der Waals surface area contributed by atoms with Crippen molar-refractivity contribution in [3.8, 4) is 0 Å². The van der Waals surface area contributed by atoms with Crippen LogP contribution in [0, 0.1) is 0 Å². The van der Waals surface area contributed by atoms with Gasteiger partial charge in [-0.25, -0.2) is 0 Å². The number of aliphatic hydroxyl groups is 1. The van der Waals surface area contributed by atoms with Gasteiger partial charge in [0.2, 0.25) is 0 Å². The number of nitrogen functional groups attached to an aromatic ring is 1. The highest BCUT2D eigenvalue weighted by molar-refractivity contribution is 5.96. The fourth-order valence-electron chi connectivity index (χ4n) is 1.65. The Morgan fingerprint density at radius 3 is 2.61 bits per heavy atom. The number of anilines is 2. The quantitative estimate of drug-likeness (QED) is 0.677. The lowest BCUT2D eigenvalue weighted by molar-refractivity contribution is 0.0915. The van der Waals surface area contributed by atoms with Crippen molar-refractivity contribution < 1.29 is 9.90 Å². The minimum atomic E-state index is -0.216. The molecule has 0 saturated carbocycles. The van der Waals surface area contributed by atoms with Crippen molar-refractivity contribution in [1.29, 1.82) is 0 Å². The molecule has 0 aliphatic carbocycles. The minimum absolute atomic E-state index is 0.0620. The molecule has 1 atom stereocenters. The zero-order chi connectivity index (χ0) is 13.7. The van der Waals surface area contributed by atoms with Crippen LogP contribution in [0.15, 0.2) is 18.2 Å². The van der Waals surface area contributed by atoms with Gasteiger partial charge in [-0.05, 0) is 24.6 Å². The Bertz CT molecular complexity index is 415. The number of nitrogens with two attached hydrogens (primary N) is 1. The number of carbonyl (C=O) groups excluding carboxylic acids is 1. The van der Waals surface area contributed by atoms with E-state index in [1.807, 2.05) is 32.0 Å². The molecule has 1 amide bonds. The zero-order valence-corrected chi connectivity index (χ0v) is 11.1. The fourth-order valence-corrected chi connectivity index (χ4v) is 1.65. The smallest absolute Gasteiger partial charge is 0.251 e. The van der Waals surface area contributed by atoms with Crippen molar-refractivity contribution in [2.24, 2.45) is 0 Å². The molecule has 0 aromatic heterocycles. The van der Waals surface area contributed by atoms with Gasteiger partial charge in [-0.15, -0.1) is 0 Å². The van der Waals surface area contributed by atoms with Gasteiger partial charge in [-0.1, -0.05) is 6.92 Å². The van der Waals surface area contributed by atoms with Crippen LogP contribution in [-0.4, -0.2) is 37.8 Å². The summed E-state index contributed by atoms with van der Waals surface area (Å²) in [4.78, 5) is 13.8. The molecule has 0 radical (unpaired) electrons. The zero-order valence-electron chi connectivity index (χ0n) is 11.1. The second kappa shape index (κ2) is 6.26. The predicted molar refractivity (Wildman–Crippen MR) is 73.8 cm³/mol. The van der Waals surface area contributed by atoms with Crippen LogP contribution in [0.5, 0.6) is 0 Å². The normalized spacial score (nSPS) is 12.0. The van der Waals surface area contributed by atoms with E-state index in [1.165, 1.54) is 0 Å². The summed E-state index contributed by atoms with van der Waals surface area (Å²) >= 11 is 0. The molecular formula is C13H21N3O2. The average molecular weight is 251 g/mol. The summed E-state index contributed by atoms with van der Waals surface area (Å²) in [5.41, 5.74) is 7.83. The van der Waals surface area contributed by atoms with E-state index in [2.05, 4.69) is 5.32 Å². The monoisotopic (exact) mass is 251 g/mol. The summed E-state index contributed by atoms with van der Waals surface area (Å²) in [6, 6.07) is 4.97. The summed E-state index contributed by atoms with van der Waals surface area (Å²) in [6.07, 6.45) is 0.688. The molecule has 5 heteroatoms. The van der Waals surface area contributed by atoms with Crippen LogP contribution in [0.4, 0.5) is 11.4 Å². The fraction of sp³-hybridized carbons (Fsp3) is 0.462. The standard InChI is InChI=1S/C13H21N3O2/c1-4-10(8-17)15-13(18)9-5-6-12(16(2)3)11(14)7-9/h5-7,10,17H,4,8,14H2,1-3H3,(H,15,18)/t10-/m1/s1. The van der Waals surface area contributed by atoms with Gasteiger partial charge in [-0.2, -0.15) is 0 Å². The molecule has 0 heterocycles. The van der Waals surface area contributed by atoms with E-state index in [1.54, 1.807) is 12.1 Å². The molecule has 1 aromatic carbocycles. The van der Waals surface area contributed by atoms with E-state index >= 15 is 0 Å². The first-order valence-corrected chi connectivity index (χ1v) is 5.98. The summed E-state index contributed by atoms with van der Waals surface area (Å²) < 4.78 is 0. The maximum atomic E-state index is 11.9. The van der Waals surface area contributed by atoms with E-state index in [9.17, 15) is 4.79 Å². The molecule has 0 saturated heterocycles. The first-order chi connectivity index (χ1) is 8.49. The maximum Gasteiger partial charge on any atom is 0.251 e. The van der Waals surface area contributed by atoms with Gasteiger partial charge in [-0.3, -0.25) is 4.79 Å². The Labute approximate surface area is 108 Å². The number of hydrogen-bond acceptors (Lipinski definition) is 4. The molecule has 0 unspecified atom stereocenters. The van der Waals surface area contributed by atoms with Crippen LogP contribution in [0.2, 0.25) is 0 Å². The molecule has 1 rings (SSSR count). The first-order valence-electron chi connectivity index (χ1n) is 5.98. The van der Waals surface area contributed by atoms with E-state index in [0.29, 0.717) is 17.7 Å². The third-order valence-electron chi connectivity index (χ3n) is 2.82. The topological polar surface area (TPSA) is 78.6 Å². The lowest BCUT2D eigenvalue weighted by Crippen LogP contribution is -2.36. The molecule has 5 nitrogen and oxygen atoms in total. The molecule has 0 aliphatic heterocycles. The van der Waals surface area contributed by atoms with Crippen molar-refractivity contribution in [3.63, 3.8) is 0 Å². The minimum Gasteiger partial charge on any atom is -0.397 e. The van der Waals surface area contributed by atoms with Crippen molar-refractivity contribution >= 4 is 17.3 Å². The van der Waals surface area contributed by atoms with Crippen LogP contribution < -0.4 is 16.0 Å². The van der Waals surface area contributed by atoms with Gasteiger partial charge in [0.1, 0.15) is 0 Å². The number of carbonyl (C=O) groups is 1. The Balaban J connectivity index is 2.84. The highest BCUT2D eigenvalue weighted by Crippen LogP contribution is 2.22. The predicted octanol–water partition coefficient (Wildman–Crippen LogP) is 0.836. The number of aliphatic hydroxyl groups excluding tert-OH is 1. The van der Waals surface area contributed by atoms with E-state index in [4.69, 9.17) is 10.8 Å². The molecule has 18 heavy (non-hydrogen) atoms. The highest BCUT2D eigenvalue weighted by Gasteiger charge is 2.12. The van der Waals surface area contributed by atoms with Crippen molar-refractivity contribution in [1.82, 2.24) is 5.32 Å². The molecule has 0 fully saturated rings. The van der Waals surface area contributed by atoms with Crippen LogP contribution in [0.1, 0.15) is 23.7 Å². The van der Waals surface area contributed by atoms with Gasteiger partial charge < -0.3 is 21.1 Å². The number of benzene rings is 1. The van der Waals surface area contributed by atoms with Gasteiger partial charge in [0.15, 0.2) is 0 Å². The third-order valence-corrected chi connectivity index (χ3v) is 2.82. The summed E-state index contributed by atoms with van der Waals surface area (Å²) in [5.74, 6) is -0.215. The second-order valence-corrected chi connectivity index (χ2v) is 4.43. The van der Waals surface area contributed by atoms with Gasteiger partial charge in [0, 0.05) is 19.7 Å². The summed E-state index contributed by atoms with van der Waals surface area (Å²) in [6.45, 7) is 1.85. The van der Waals surface area contributed by atoms with E-state index in [-0.39, 0.29) is 18.6 Å². The Kier molecular flexibility index (Phi) is 4.97. The van der Waals surface area contributed by atoms with Crippen LogP contribution in [0.3, 0.4) is 0 Å². The van der Waals surface area contributed by atoms with Gasteiger partial charge in [0.05, 0.1) is 24.0 Å². The van der Waals surface area contributed by atoms with Crippen LogP contribution in [-0.2, 0) is 0 Å². The molecular weight excluding hydrogens is 230 g/mol. The first kappa shape index (κ1) is 14.3. The van der Waals surface area contributed by atoms with Crippen molar-refractivity contribution in [3.05, 3.63) is 23.8 Å². The molecule has 0 bridgehead atoms. The average Bonchev–Trinajstić information content (AvgIpc) is 2.34. The number of hydrogen-bond donors (Lipinski definition) is 3. The second-order valence-electron chi connectivity index (χ2n) is 4.43. The van der Waals surface area contributed by atoms with Gasteiger partial charge in [0.25, 0.3) is 5.91 Å². The molecule has 4 N–H and O–H groups in total. The molecule has 100 valence electrons. The summed E-state index contributed by atoms with van der Waals surface area (Å²) in [7, 11) is 3.79. The highest BCUT2D eigenvalue weighted by atomic mass is 16.3. The number of rotatable bonds is 5. The van der Waals surface area contributed by atoms with E-state index in [0.717, 1.165) is 5.69 Å². The molecule has 1 aromatic rings. The Morgan fingerprint density at radius 1 is 1.50 bits per heavy atom. The number of nitrogens with zero attached hydrogens (tertiary/aromatic N) is 1. The molecule has 0 aliphatic rings. The maximum absolute atomic E-state index is 11.9. The number of nitrogens with one attached hydrogen (secondary N) is 1. The Hall–Kier alpha value is -1.75. The number of amides is 1. The van der Waals surface area contributed by atoms with Gasteiger partial charge >= 0.3 is 0 Å². The lowest BCUT2D eigenvalue weighted by Gasteiger charge is -2.17. The SMILES string of the molecule is CC[C@H](CO)NC(=O)c1ccc(N(C)C)c(N)c1. The largest absolute Gasteiger partial charge is 0.397 e. The third kappa shape index (κ3) is 3.37. The van der Waals surface area contributed by atoms with Crippen molar-refractivity contribution in [2.45, 2.75) is 19.4 Å². The lowest BCUT2D eigenvalue weighted by atomic mass is 10.1. The molecule has 0 spiro atoms. The summed E-state index contributed by atoms with van der Waals surface area (Å²) in [5, 5.41) is 11.8. The van der Waals surface area contributed by atoms with Crippen LogP contribution >= 0.6 is 0 Å². The van der Waals surface area contributed by atoms with E-state index < -0.39 is 0 Å². The Morgan fingerprint density at radius 2 is 2.17 bits per heavy atom. The van der Waals surface area contributed by atoms with Crippen LogP contribution in [0.25, 0.3) is 0 Å².